The smallest absolute Gasteiger partial charge is 0.246 e. The number of halogens is 1. The summed E-state index contributed by atoms with van der Waals surface area (Å²) in [4.78, 5) is 5.00. The maximum atomic E-state index is 13.6. The van der Waals surface area contributed by atoms with Crippen LogP contribution in [0.4, 0.5) is 4.39 Å². The first-order valence-electron chi connectivity index (χ1n) is 10.2. The van der Waals surface area contributed by atoms with Crippen molar-refractivity contribution in [2.45, 2.75) is 44.0 Å². The minimum absolute atomic E-state index is 0.0106. The molecule has 0 aliphatic carbocycles. The Hall–Kier alpha value is -2.58. The molecule has 0 saturated carbocycles. The molecule has 3 heterocycles. The lowest BCUT2D eigenvalue weighted by atomic mass is 9.95. The van der Waals surface area contributed by atoms with Gasteiger partial charge in [-0.15, -0.1) is 0 Å². The molecule has 1 fully saturated rings. The molecule has 3 aromatic rings. The summed E-state index contributed by atoms with van der Waals surface area (Å²) < 4.78 is 43.3. The van der Waals surface area contributed by atoms with Crippen LogP contribution in [-0.2, 0) is 16.6 Å². The first-order valence-corrected chi connectivity index (χ1v) is 11.6. The van der Waals surface area contributed by atoms with Crippen molar-refractivity contribution in [1.82, 2.24) is 19.1 Å². The van der Waals surface area contributed by atoms with Gasteiger partial charge in [0.2, 0.25) is 10.0 Å². The lowest BCUT2D eigenvalue weighted by Gasteiger charge is -2.31. The van der Waals surface area contributed by atoms with E-state index in [1.165, 1.54) is 18.3 Å². The fourth-order valence-corrected chi connectivity index (χ4v) is 5.71. The summed E-state index contributed by atoms with van der Waals surface area (Å²) in [5.74, 6) is -0.318. The number of benzene rings is 1. The predicted octanol–water partition coefficient (Wildman–Crippen LogP) is 3.98. The SMILES string of the molecule is CCn1ncc(S(=O)(=O)N2CCC[C@@H](c3cccc(-c4cccc(F)c4)n3)C2)c1C. The minimum Gasteiger partial charge on any atom is -0.269 e. The van der Waals surface area contributed by atoms with E-state index in [4.69, 9.17) is 4.98 Å². The zero-order valence-electron chi connectivity index (χ0n) is 17.1. The molecule has 0 unspecified atom stereocenters. The van der Waals surface area contributed by atoms with Crippen LogP contribution in [0.3, 0.4) is 0 Å². The Morgan fingerprint density at radius 3 is 2.73 bits per heavy atom. The predicted molar refractivity (Wildman–Crippen MR) is 113 cm³/mol. The zero-order valence-corrected chi connectivity index (χ0v) is 17.9. The average Bonchev–Trinajstić information content (AvgIpc) is 3.15. The van der Waals surface area contributed by atoms with Crippen molar-refractivity contribution >= 4 is 10.0 Å². The molecule has 1 aliphatic rings. The number of pyridine rings is 1. The first kappa shape index (κ1) is 20.7. The Bertz CT molecular complexity index is 1160. The molecule has 1 saturated heterocycles. The molecule has 1 aromatic carbocycles. The van der Waals surface area contributed by atoms with Crippen LogP contribution < -0.4 is 0 Å². The molecule has 4 rings (SSSR count). The van der Waals surface area contributed by atoms with Crippen LogP contribution >= 0.6 is 0 Å². The van der Waals surface area contributed by atoms with Crippen molar-refractivity contribution in [3.8, 4) is 11.3 Å². The quantitative estimate of drug-likeness (QED) is 0.616. The molecule has 1 atom stereocenters. The molecule has 8 heteroatoms. The summed E-state index contributed by atoms with van der Waals surface area (Å²) in [6, 6.07) is 12.0. The van der Waals surface area contributed by atoms with Crippen LogP contribution in [0.15, 0.2) is 53.6 Å². The molecule has 0 bridgehead atoms. The van der Waals surface area contributed by atoms with Crippen LogP contribution in [-0.4, -0.2) is 40.6 Å². The Labute approximate surface area is 176 Å². The molecule has 0 N–H and O–H groups in total. The molecule has 1 aliphatic heterocycles. The average molecular weight is 429 g/mol. The van der Waals surface area contributed by atoms with Gasteiger partial charge in [0.15, 0.2) is 0 Å². The minimum atomic E-state index is -3.62. The lowest BCUT2D eigenvalue weighted by Crippen LogP contribution is -2.39. The van der Waals surface area contributed by atoms with Crippen LogP contribution in [0.1, 0.15) is 37.1 Å². The summed E-state index contributed by atoms with van der Waals surface area (Å²) in [6.07, 6.45) is 3.07. The highest BCUT2D eigenvalue weighted by Gasteiger charge is 2.33. The van der Waals surface area contributed by atoms with E-state index in [-0.39, 0.29) is 16.6 Å². The largest absolute Gasteiger partial charge is 0.269 e. The van der Waals surface area contributed by atoms with Gasteiger partial charge in [-0.25, -0.2) is 12.8 Å². The molecule has 0 amide bonds. The van der Waals surface area contributed by atoms with Gasteiger partial charge in [0.05, 0.1) is 17.6 Å². The highest BCUT2D eigenvalue weighted by Crippen LogP contribution is 2.31. The molecule has 0 spiro atoms. The number of aromatic nitrogens is 3. The molecular weight excluding hydrogens is 403 g/mol. The number of piperidine rings is 1. The van der Waals surface area contributed by atoms with Gasteiger partial charge in [-0.3, -0.25) is 9.67 Å². The van der Waals surface area contributed by atoms with Gasteiger partial charge in [0.25, 0.3) is 0 Å². The van der Waals surface area contributed by atoms with Crippen molar-refractivity contribution in [3.05, 3.63) is 65.9 Å². The Kier molecular flexibility index (Phi) is 5.71. The van der Waals surface area contributed by atoms with E-state index >= 15 is 0 Å². The summed E-state index contributed by atoms with van der Waals surface area (Å²) in [6.45, 7) is 5.21. The fourth-order valence-electron chi connectivity index (χ4n) is 4.03. The van der Waals surface area contributed by atoms with E-state index < -0.39 is 10.0 Å². The third-order valence-corrected chi connectivity index (χ3v) is 7.64. The Morgan fingerprint density at radius 1 is 1.20 bits per heavy atom. The highest BCUT2D eigenvalue weighted by molar-refractivity contribution is 7.89. The summed E-state index contributed by atoms with van der Waals surface area (Å²) >= 11 is 0. The number of hydrogen-bond donors (Lipinski definition) is 0. The summed E-state index contributed by atoms with van der Waals surface area (Å²) in [5, 5.41) is 4.19. The number of aryl methyl sites for hydroxylation is 1. The second kappa shape index (κ2) is 8.28. The second-order valence-corrected chi connectivity index (χ2v) is 9.48. The summed E-state index contributed by atoms with van der Waals surface area (Å²) in [5.41, 5.74) is 2.88. The Morgan fingerprint density at radius 2 is 2.00 bits per heavy atom. The Balaban J connectivity index is 1.60. The van der Waals surface area contributed by atoms with E-state index in [1.54, 1.807) is 22.0 Å². The maximum absolute atomic E-state index is 13.6. The van der Waals surface area contributed by atoms with E-state index in [9.17, 15) is 12.8 Å². The van der Waals surface area contributed by atoms with Gasteiger partial charge in [-0.05, 0) is 51.0 Å². The van der Waals surface area contributed by atoms with Crippen LogP contribution in [0.2, 0.25) is 0 Å². The van der Waals surface area contributed by atoms with E-state index in [0.717, 1.165) is 18.5 Å². The summed E-state index contributed by atoms with van der Waals surface area (Å²) in [7, 11) is -3.62. The van der Waals surface area contributed by atoms with Gasteiger partial charge in [-0.2, -0.15) is 9.40 Å². The molecule has 2 aromatic heterocycles. The van der Waals surface area contributed by atoms with Crippen LogP contribution in [0, 0.1) is 12.7 Å². The van der Waals surface area contributed by atoms with Crippen molar-refractivity contribution in [2.75, 3.05) is 13.1 Å². The van der Waals surface area contributed by atoms with Crippen molar-refractivity contribution in [2.24, 2.45) is 0 Å². The number of hydrogen-bond acceptors (Lipinski definition) is 4. The molecule has 6 nitrogen and oxygen atoms in total. The highest BCUT2D eigenvalue weighted by atomic mass is 32.2. The van der Waals surface area contributed by atoms with Gasteiger partial charge in [0, 0.05) is 36.8 Å². The molecule has 158 valence electrons. The van der Waals surface area contributed by atoms with Crippen molar-refractivity contribution < 1.29 is 12.8 Å². The molecular formula is C22H25FN4O2S. The van der Waals surface area contributed by atoms with Gasteiger partial charge >= 0.3 is 0 Å². The third kappa shape index (κ3) is 3.89. The second-order valence-electron chi connectivity index (χ2n) is 7.57. The normalized spacial score (nSPS) is 17.9. The van der Waals surface area contributed by atoms with Crippen molar-refractivity contribution in [1.29, 1.82) is 0 Å². The fraction of sp³-hybridized carbons (Fsp3) is 0.364. The lowest BCUT2D eigenvalue weighted by molar-refractivity contribution is 0.312. The zero-order chi connectivity index (χ0) is 21.3. The molecule has 30 heavy (non-hydrogen) atoms. The third-order valence-electron chi connectivity index (χ3n) is 5.67. The van der Waals surface area contributed by atoms with Gasteiger partial charge < -0.3 is 0 Å². The molecule has 0 radical (unpaired) electrons. The number of rotatable bonds is 5. The monoisotopic (exact) mass is 428 g/mol. The van der Waals surface area contributed by atoms with E-state index in [0.29, 0.717) is 36.6 Å². The van der Waals surface area contributed by atoms with Crippen LogP contribution in [0.25, 0.3) is 11.3 Å². The van der Waals surface area contributed by atoms with E-state index in [1.807, 2.05) is 31.2 Å². The topological polar surface area (TPSA) is 68.1 Å². The van der Waals surface area contributed by atoms with Crippen LogP contribution in [0.5, 0.6) is 0 Å². The van der Waals surface area contributed by atoms with Gasteiger partial charge in [-0.1, -0.05) is 18.2 Å². The number of nitrogens with zero attached hydrogens (tertiary/aromatic N) is 4. The number of sulfonamides is 1. The van der Waals surface area contributed by atoms with Crippen molar-refractivity contribution in [3.63, 3.8) is 0 Å². The van der Waals surface area contributed by atoms with E-state index in [2.05, 4.69) is 5.10 Å². The first-order chi connectivity index (χ1) is 14.4. The standard InChI is InChI=1S/C22H25FN4O2S/c1-3-27-16(2)22(14-24-27)30(28,29)26-12-6-8-18(15-26)21-11-5-10-20(25-21)17-7-4-9-19(23)13-17/h4-5,7,9-11,13-14,18H,3,6,8,12,15H2,1-2H3/t18-/m1/s1. The maximum Gasteiger partial charge on any atom is 0.246 e. The van der Waals surface area contributed by atoms with Gasteiger partial charge in [0.1, 0.15) is 10.7 Å².